The fraction of sp³-hybridized carbons (Fsp3) is 0.391. The number of esters is 1. The van der Waals surface area contributed by atoms with Crippen molar-refractivity contribution in [3.05, 3.63) is 70.5 Å². The minimum Gasteiger partial charge on any atom is -0.469 e. The maximum absolute atomic E-state index is 13.1. The van der Waals surface area contributed by atoms with E-state index in [-0.39, 0.29) is 29.5 Å². The predicted molar refractivity (Wildman–Crippen MR) is 110 cm³/mol. The van der Waals surface area contributed by atoms with Crippen molar-refractivity contribution in [3.8, 4) is 0 Å². The Morgan fingerprint density at radius 3 is 2.52 bits per heavy atom. The molecule has 6 heteroatoms. The SMILES string of the molecule is COC(=O)[C@@H]1CCCN(C(CCC(=O)c2ccc(F)cc2)c2ccc(Cl)cc2)C1. The van der Waals surface area contributed by atoms with E-state index in [0.29, 0.717) is 30.0 Å². The van der Waals surface area contributed by atoms with E-state index >= 15 is 0 Å². The number of hydrogen-bond acceptors (Lipinski definition) is 4. The molecule has 1 heterocycles. The molecule has 0 saturated carbocycles. The fourth-order valence-electron chi connectivity index (χ4n) is 3.94. The highest BCUT2D eigenvalue weighted by atomic mass is 35.5. The summed E-state index contributed by atoms with van der Waals surface area (Å²) in [5, 5.41) is 0.654. The van der Waals surface area contributed by atoms with Gasteiger partial charge in [0.25, 0.3) is 0 Å². The summed E-state index contributed by atoms with van der Waals surface area (Å²) in [4.78, 5) is 26.9. The van der Waals surface area contributed by atoms with Crippen LogP contribution in [0.3, 0.4) is 0 Å². The van der Waals surface area contributed by atoms with E-state index < -0.39 is 0 Å². The molecule has 4 nitrogen and oxygen atoms in total. The van der Waals surface area contributed by atoms with Gasteiger partial charge in [0.05, 0.1) is 13.0 Å². The van der Waals surface area contributed by atoms with Gasteiger partial charge in [-0.25, -0.2) is 4.39 Å². The Balaban J connectivity index is 1.76. The van der Waals surface area contributed by atoms with Crippen LogP contribution in [-0.2, 0) is 9.53 Å². The average molecular weight is 418 g/mol. The second-order valence-corrected chi connectivity index (χ2v) is 7.83. The Bertz CT molecular complexity index is 838. The topological polar surface area (TPSA) is 46.6 Å². The third-order valence-electron chi connectivity index (χ3n) is 5.49. The minimum atomic E-state index is -0.359. The number of nitrogens with zero attached hydrogens (tertiary/aromatic N) is 1. The number of hydrogen-bond donors (Lipinski definition) is 0. The van der Waals surface area contributed by atoms with Gasteiger partial charge in [0.1, 0.15) is 5.82 Å². The Morgan fingerprint density at radius 1 is 1.17 bits per heavy atom. The lowest BCUT2D eigenvalue weighted by molar-refractivity contribution is -0.147. The van der Waals surface area contributed by atoms with Crippen molar-refractivity contribution in [2.24, 2.45) is 5.92 Å². The number of halogens is 2. The van der Waals surface area contributed by atoms with E-state index in [1.54, 1.807) is 0 Å². The van der Waals surface area contributed by atoms with Gasteiger partial charge in [0, 0.05) is 29.6 Å². The highest BCUT2D eigenvalue weighted by Crippen LogP contribution is 2.32. The first-order valence-corrected chi connectivity index (χ1v) is 10.2. The van der Waals surface area contributed by atoms with E-state index in [9.17, 15) is 14.0 Å². The molecule has 1 fully saturated rings. The summed E-state index contributed by atoms with van der Waals surface area (Å²) < 4.78 is 18.1. The summed E-state index contributed by atoms with van der Waals surface area (Å²) in [7, 11) is 1.42. The monoisotopic (exact) mass is 417 g/mol. The van der Waals surface area contributed by atoms with Crippen molar-refractivity contribution in [2.75, 3.05) is 20.2 Å². The van der Waals surface area contributed by atoms with Crippen LogP contribution in [0.2, 0.25) is 5.02 Å². The molecular weight excluding hydrogens is 393 g/mol. The Hall–Kier alpha value is -2.24. The van der Waals surface area contributed by atoms with Crippen molar-refractivity contribution in [2.45, 2.75) is 31.7 Å². The Kier molecular flexibility index (Phi) is 7.40. The van der Waals surface area contributed by atoms with Crippen LogP contribution in [0.5, 0.6) is 0 Å². The van der Waals surface area contributed by atoms with E-state index in [1.165, 1.54) is 31.4 Å². The van der Waals surface area contributed by atoms with E-state index in [2.05, 4.69) is 4.90 Å². The zero-order chi connectivity index (χ0) is 20.8. The average Bonchev–Trinajstić information content (AvgIpc) is 2.75. The standard InChI is InChI=1S/C23H25ClFNO3/c1-29-23(28)18-3-2-14-26(15-18)21(16-4-8-19(24)9-5-16)12-13-22(27)17-6-10-20(25)11-7-17/h4-11,18,21H,2-3,12-15H2,1H3/t18-,21?/m1/s1. The molecule has 1 aliphatic heterocycles. The molecule has 3 rings (SSSR count). The molecule has 0 aliphatic carbocycles. The number of Topliss-reactive ketones (excluding diaryl/α,β-unsaturated/α-hetero) is 1. The van der Waals surface area contributed by atoms with Gasteiger partial charge < -0.3 is 4.74 Å². The predicted octanol–water partition coefficient (Wildman–Crippen LogP) is 5.07. The summed E-state index contributed by atoms with van der Waals surface area (Å²) in [5.74, 6) is -0.725. The number of carbonyl (C=O) groups is 2. The maximum atomic E-state index is 13.1. The van der Waals surface area contributed by atoms with Crippen LogP contribution in [0.1, 0.15) is 47.6 Å². The largest absolute Gasteiger partial charge is 0.469 e. The van der Waals surface area contributed by atoms with Crippen LogP contribution < -0.4 is 0 Å². The van der Waals surface area contributed by atoms with Crippen LogP contribution in [0.15, 0.2) is 48.5 Å². The quantitative estimate of drug-likeness (QED) is 0.466. The second kappa shape index (κ2) is 9.99. The summed E-state index contributed by atoms with van der Waals surface area (Å²) in [6.07, 6.45) is 2.64. The number of likely N-dealkylation sites (tertiary alicyclic amines) is 1. The molecule has 154 valence electrons. The van der Waals surface area contributed by atoms with Crippen LogP contribution in [0.25, 0.3) is 0 Å². The highest BCUT2D eigenvalue weighted by molar-refractivity contribution is 6.30. The molecular formula is C23H25ClFNO3. The molecule has 0 aromatic heterocycles. The molecule has 0 radical (unpaired) electrons. The first kappa shape index (κ1) is 21.5. The van der Waals surface area contributed by atoms with Crippen LogP contribution in [0, 0.1) is 11.7 Å². The van der Waals surface area contributed by atoms with Gasteiger partial charge in [-0.05, 0) is 67.8 Å². The number of piperidine rings is 1. The van der Waals surface area contributed by atoms with Crippen LogP contribution in [0.4, 0.5) is 4.39 Å². The highest BCUT2D eigenvalue weighted by Gasteiger charge is 2.31. The van der Waals surface area contributed by atoms with Crippen molar-refractivity contribution < 1.29 is 18.7 Å². The number of carbonyl (C=O) groups excluding carboxylic acids is 2. The van der Waals surface area contributed by atoms with Gasteiger partial charge in [-0.1, -0.05) is 23.7 Å². The number of rotatable bonds is 7. The van der Waals surface area contributed by atoms with E-state index in [1.807, 2.05) is 24.3 Å². The van der Waals surface area contributed by atoms with Crippen LogP contribution in [-0.4, -0.2) is 36.9 Å². The lowest BCUT2D eigenvalue weighted by Crippen LogP contribution is -2.41. The lowest BCUT2D eigenvalue weighted by Gasteiger charge is -2.37. The number of methoxy groups -OCH3 is 1. The van der Waals surface area contributed by atoms with Gasteiger partial charge in [0.2, 0.25) is 0 Å². The molecule has 29 heavy (non-hydrogen) atoms. The smallest absolute Gasteiger partial charge is 0.309 e. The van der Waals surface area contributed by atoms with Gasteiger partial charge in [-0.3, -0.25) is 14.5 Å². The number of benzene rings is 2. The normalized spacial score (nSPS) is 18.2. The fourth-order valence-corrected chi connectivity index (χ4v) is 4.07. The molecule has 1 aliphatic rings. The van der Waals surface area contributed by atoms with Gasteiger partial charge in [-0.2, -0.15) is 0 Å². The third-order valence-corrected chi connectivity index (χ3v) is 5.75. The summed E-state index contributed by atoms with van der Waals surface area (Å²) in [6.45, 7) is 1.45. The molecule has 0 amide bonds. The van der Waals surface area contributed by atoms with Crippen molar-refractivity contribution in [1.29, 1.82) is 0 Å². The van der Waals surface area contributed by atoms with E-state index in [4.69, 9.17) is 16.3 Å². The van der Waals surface area contributed by atoms with Crippen molar-refractivity contribution in [1.82, 2.24) is 4.90 Å². The zero-order valence-electron chi connectivity index (χ0n) is 16.4. The zero-order valence-corrected chi connectivity index (χ0v) is 17.2. The number of ether oxygens (including phenoxy) is 1. The van der Waals surface area contributed by atoms with Gasteiger partial charge in [0.15, 0.2) is 5.78 Å². The molecule has 0 bridgehead atoms. The van der Waals surface area contributed by atoms with Crippen LogP contribution >= 0.6 is 11.6 Å². The third kappa shape index (κ3) is 5.64. The van der Waals surface area contributed by atoms with Crippen molar-refractivity contribution in [3.63, 3.8) is 0 Å². The minimum absolute atomic E-state index is 0.0101. The second-order valence-electron chi connectivity index (χ2n) is 7.39. The van der Waals surface area contributed by atoms with Gasteiger partial charge in [-0.15, -0.1) is 0 Å². The molecule has 2 aromatic carbocycles. The molecule has 1 unspecified atom stereocenters. The maximum Gasteiger partial charge on any atom is 0.309 e. The summed E-state index contributed by atoms with van der Waals surface area (Å²) >= 11 is 6.05. The van der Waals surface area contributed by atoms with E-state index in [0.717, 1.165) is 24.9 Å². The lowest BCUT2D eigenvalue weighted by atomic mass is 9.92. The van der Waals surface area contributed by atoms with Crippen molar-refractivity contribution >= 4 is 23.4 Å². The first-order chi connectivity index (χ1) is 14.0. The molecule has 0 N–H and O–H groups in total. The molecule has 2 atom stereocenters. The molecule has 2 aromatic rings. The molecule has 1 saturated heterocycles. The van der Waals surface area contributed by atoms with Gasteiger partial charge >= 0.3 is 5.97 Å². The Labute approximate surface area is 175 Å². The summed E-state index contributed by atoms with van der Waals surface area (Å²) in [6, 6.07) is 13.2. The number of ketones is 1. The Morgan fingerprint density at radius 2 is 1.86 bits per heavy atom. The first-order valence-electron chi connectivity index (χ1n) is 9.84. The summed E-state index contributed by atoms with van der Waals surface area (Å²) in [5.41, 5.74) is 1.57. The molecule has 0 spiro atoms.